The SMILES string of the molecule is Cc1ccnc(Nc2c(Cl)ccc3nsnc23)c1C#N. The average molecular weight is 302 g/mol. The number of anilines is 2. The van der Waals surface area contributed by atoms with Crippen LogP contribution in [0.2, 0.25) is 5.02 Å². The normalized spacial score (nSPS) is 10.4. The van der Waals surface area contributed by atoms with E-state index in [1.54, 1.807) is 24.4 Å². The van der Waals surface area contributed by atoms with Gasteiger partial charge in [0.25, 0.3) is 0 Å². The summed E-state index contributed by atoms with van der Waals surface area (Å²) in [6, 6.07) is 7.48. The molecular formula is C13H8ClN5S. The Bertz CT molecular complexity index is 836. The topological polar surface area (TPSA) is 74.5 Å². The van der Waals surface area contributed by atoms with E-state index in [0.29, 0.717) is 27.6 Å². The second-order valence-corrected chi connectivity index (χ2v) is 5.08. The van der Waals surface area contributed by atoms with Crippen molar-refractivity contribution < 1.29 is 0 Å². The molecule has 5 nitrogen and oxygen atoms in total. The van der Waals surface area contributed by atoms with Crippen LogP contribution in [0.15, 0.2) is 24.4 Å². The second-order valence-electron chi connectivity index (χ2n) is 4.14. The Balaban J connectivity index is 2.15. The molecule has 2 heterocycles. The van der Waals surface area contributed by atoms with Crippen molar-refractivity contribution in [3.8, 4) is 6.07 Å². The van der Waals surface area contributed by atoms with Gasteiger partial charge in [-0.1, -0.05) is 11.6 Å². The number of aryl methyl sites for hydroxylation is 1. The number of hydrogen-bond acceptors (Lipinski definition) is 6. The van der Waals surface area contributed by atoms with E-state index in [2.05, 4.69) is 25.1 Å². The first-order chi connectivity index (χ1) is 9.70. The van der Waals surface area contributed by atoms with E-state index >= 15 is 0 Å². The Morgan fingerprint density at radius 1 is 1.30 bits per heavy atom. The molecule has 3 rings (SSSR count). The molecule has 0 atom stereocenters. The van der Waals surface area contributed by atoms with Gasteiger partial charge in [0.1, 0.15) is 22.9 Å². The van der Waals surface area contributed by atoms with Gasteiger partial charge in [-0.2, -0.15) is 14.0 Å². The number of nitrogens with one attached hydrogen (secondary N) is 1. The summed E-state index contributed by atoms with van der Waals surface area (Å²) in [4.78, 5) is 4.20. The lowest BCUT2D eigenvalue weighted by Gasteiger charge is -2.10. The molecule has 3 aromatic rings. The van der Waals surface area contributed by atoms with Crippen LogP contribution in [0.1, 0.15) is 11.1 Å². The molecule has 0 aliphatic heterocycles. The van der Waals surface area contributed by atoms with E-state index in [9.17, 15) is 5.26 Å². The van der Waals surface area contributed by atoms with Crippen LogP contribution >= 0.6 is 23.3 Å². The van der Waals surface area contributed by atoms with Gasteiger partial charge >= 0.3 is 0 Å². The Morgan fingerprint density at radius 2 is 2.15 bits per heavy atom. The van der Waals surface area contributed by atoms with Crippen molar-refractivity contribution in [3.63, 3.8) is 0 Å². The van der Waals surface area contributed by atoms with E-state index in [0.717, 1.165) is 22.8 Å². The number of nitriles is 1. The third-order valence-corrected chi connectivity index (χ3v) is 3.75. The monoisotopic (exact) mass is 301 g/mol. The summed E-state index contributed by atoms with van der Waals surface area (Å²) in [5.41, 5.74) is 3.39. The average Bonchev–Trinajstić information content (AvgIpc) is 2.91. The predicted octanol–water partition coefficient (Wildman–Crippen LogP) is 3.66. The summed E-state index contributed by atoms with van der Waals surface area (Å²) in [5.74, 6) is 0.468. The van der Waals surface area contributed by atoms with Gasteiger partial charge in [-0.25, -0.2) is 4.98 Å². The van der Waals surface area contributed by atoms with Gasteiger partial charge in [0, 0.05) is 6.20 Å². The van der Waals surface area contributed by atoms with Crippen molar-refractivity contribution in [1.82, 2.24) is 13.7 Å². The molecule has 0 fully saturated rings. The fraction of sp³-hybridized carbons (Fsp3) is 0.0769. The number of halogens is 1. The van der Waals surface area contributed by atoms with Crippen LogP contribution in [0.4, 0.5) is 11.5 Å². The molecule has 0 saturated heterocycles. The van der Waals surface area contributed by atoms with Crippen molar-refractivity contribution in [1.29, 1.82) is 5.26 Å². The maximum Gasteiger partial charge on any atom is 0.148 e. The zero-order valence-electron chi connectivity index (χ0n) is 10.4. The molecule has 0 amide bonds. The highest BCUT2D eigenvalue weighted by Crippen LogP contribution is 2.33. The Labute approximate surface area is 124 Å². The Morgan fingerprint density at radius 3 is 2.95 bits per heavy atom. The zero-order chi connectivity index (χ0) is 14.1. The summed E-state index contributed by atoms with van der Waals surface area (Å²) in [5, 5.41) is 12.8. The number of hydrogen-bond donors (Lipinski definition) is 1. The Kier molecular flexibility index (Phi) is 3.22. The lowest BCUT2D eigenvalue weighted by molar-refractivity contribution is 1.25. The van der Waals surface area contributed by atoms with Gasteiger partial charge in [0.05, 0.1) is 28.0 Å². The number of rotatable bonds is 2. The maximum atomic E-state index is 9.23. The molecule has 98 valence electrons. The lowest BCUT2D eigenvalue weighted by atomic mass is 10.1. The van der Waals surface area contributed by atoms with Gasteiger partial charge in [0.2, 0.25) is 0 Å². The van der Waals surface area contributed by atoms with Crippen molar-refractivity contribution >= 4 is 45.9 Å². The summed E-state index contributed by atoms with van der Waals surface area (Å²) in [6.45, 7) is 1.86. The molecule has 0 spiro atoms. The van der Waals surface area contributed by atoms with Crippen molar-refractivity contribution in [2.45, 2.75) is 6.92 Å². The van der Waals surface area contributed by atoms with Crippen LogP contribution in [0.5, 0.6) is 0 Å². The largest absolute Gasteiger partial charge is 0.336 e. The third-order valence-electron chi connectivity index (χ3n) is 2.89. The van der Waals surface area contributed by atoms with E-state index in [4.69, 9.17) is 11.6 Å². The summed E-state index contributed by atoms with van der Waals surface area (Å²) in [6.07, 6.45) is 1.64. The molecule has 2 aromatic heterocycles. The lowest BCUT2D eigenvalue weighted by Crippen LogP contribution is -1.99. The standard InChI is InChI=1S/C13H8ClN5S/c1-7-4-5-16-13(8(7)6-15)17-11-9(14)2-3-10-12(11)19-20-18-10/h2-5H,1H3,(H,16,17). The molecule has 7 heteroatoms. The summed E-state index contributed by atoms with van der Waals surface area (Å²) < 4.78 is 8.40. The summed E-state index contributed by atoms with van der Waals surface area (Å²) in [7, 11) is 0. The van der Waals surface area contributed by atoms with Crippen LogP contribution in [-0.2, 0) is 0 Å². The van der Waals surface area contributed by atoms with Crippen LogP contribution in [0.25, 0.3) is 11.0 Å². The number of benzene rings is 1. The van der Waals surface area contributed by atoms with Crippen molar-refractivity contribution in [2.75, 3.05) is 5.32 Å². The highest BCUT2D eigenvalue weighted by Gasteiger charge is 2.13. The summed E-state index contributed by atoms with van der Waals surface area (Å²) >= 11 is 7.32. The van der Waals surface area contributed by atoms with E-state index < -0.39 is 0 Å². The quantitative estimate of drug-likeness (QED) is 0.781. The van der Waals surface area contributed by atoms with Gasteiger partial charge in [0.15, 0.2) is 0 Å². The minimum Gasteiger partial charge on any atom is -0.336 e. The first-order valence-electron chi connectivity index (χ1n) is 5.74. The predicted molar refractivity (Wildman–Crippen MR) is 79.4 cm³/mol. The molecule has 0 unspecified atom stereocenters. The highest BCUT2D eigenvalue weighted by atomic mass is 35.5. The minimum atomic E-state index is 0.468. The third kappa shape index (κ3) is 2.07. The maximum absolute atomic E-state index is 9.23. The second kappa shape index (κ2) is 5.04. The van der Waals surface area contributed by atoms with Crippen LogP contribution in [-0.4, -0.2) is 13.7 Å². The molecular weight excluding hydrogens is 294 g/mol. The van der Waals surface area contributed by atoms with Crippen LogP contribution in [0.3, 0.4) is 0 Å². The fourth-order valence-electron chi connectivity index (χ4n) is 1.86. The smallest absolute Gasteiger partial charge is 0.148 e. The molecule has 1 aromatic carbocycles. The number of pyridine rings is 1. The minimum absolute atomic E-state index is 0.468. The van der Waals surface area contributed by atoms with Gasteiger partial charge in [-0.3, -0.25) is 0 Å². The molecule has 20 heavy (non-hydrogen) atoms. The number of nitrogens with zero attached hydrogens (tertiary/aromatic N) is 4. The van der Waals surface area contributed by atoms with E-state index in [-0.39, 0.29) is 0 Å². The Hall–Kier alpha value is -2.23. The van der Waals surface area contributed by atoms with Crippen LogP contribution in [0, 0.1) is 18.3 Å². The highest BCUT2D eigenvalue weighted by molar-refractivity contribution is 7.00. The van der Waals surface area contributed by atoms with Gasteiger partial charge in [-0.05, 0) is 30.7 Å². The number of aromatic nitrogens is 3. The molecule has 0 aliphatic carbocycles. The van der Waals surface area contributed by atoms with E-state index in [1.807, 2.05) is 6.92 Å². The molecule has 1 N–H and O–H groups in total. The first kappa shape index (κ1) is 12.8. The molecule has 0 saturated carbocycles. The fourth-order valence-corrected chi connectivity index (χ4v) is 2.60. The van der Waals surface area contributed by atoms with Crippen LogP contribution < -0.4 is 5.32 Å². The molecule has 0 bridgehead atoms. The zero-order valence-corrected chi connectivity index (χ0v) is 12.0. The number of fused-ring (bicyclic) bond motifs is 1. The van der Waals surface area contributed by atoms with Crippen molar-refractivity contribution in [2.24, 2.45) is 0 Å². The van der Waals surface area contributed by atoms with E-state index in [1.165, 1.54) is 0 Å². The molecule has 0 radical (unpaired) electrons. The van der Waals surface area contributed by atoms with Gasteiger partial charge in [-0.15, -0.1) is 0 Å². The first-order valence-corrected chi connectivity index (χ1v) is 6.85. The molecule has 0 aliphatic rings. The van der Waals surface area contributed by atoms with Crippen molar-refractivity contribution in [3.05, 3.63) is 40.5 Å². The van der Waals surface area contributed by atoms with Gasteiger partial charge < -0.3 is 5.32 Å².